The zero-order chi connectivity index (χ0) is 23.2. The molecular weight excluding hydrogens is 453 g/mol. The summed E-state index contributed by atoms with van der Waals surface area (Å²) in [6, 6.07) is 29.1. The summed E-state index contributed by atoms with van der Waals surface area (Å²) in [5, 5.41) is 0. The van der Waals surface area contributed by atoms with E-state index in [0.29, 0.717) is 11.1 Å². The third-order valence-corrected chi connectivity index (χ3v) is 5.49. The molecule has 149 valence electrons. The predicted molar refractivity (Wildman–Crippen MR) is 123 cm³/mol. The number of hydrogen-bond acceptors (Lipinski definition) is 0. The van der Waals surface area contributed by atoms with E-state index in [0.717, 1.165) is 39.0 Å². The first-order chi connectivity index (χ1) is 15.8. The Balaban J connectivity index is 0.00000274. The van der Waals surface area contributed by atoms with Crippen molar-refractivity contribution in [2.75, 3.05) is 0 Å². The molecule has 0 saturated carbocycles. The molecule has 1 aromatic heterocycles. The zero-order valence-electron chi connectivity index (χ0n) is 20.6. The molecule has 5 rings (SSSR count). The van der Waals surface area contributed by atoms with Gasteiger partial charge in [-0.15, -0.1) is 17.7 Å². The van der Waals surface area contributed by atoms with Gasteiger partial charge in [-0.05, 0) is 36.0 Å². The first kappa shape index (κ1) is 18.1. The van der Waals surface area contributed by atoms with Crippen LogP contribution in [0, 0.1) is 26.0 Å². The van der Waals surface area contributed by atoms with Gasteiger partial charge in [0.2, 0.25) is 5.49 Å². The van der Waals surface area contributed by atoms with E-state index in [1.807, 2.05) is 76.9 Å². The molecule has 2 nitrogen and oxygen atoms in total. The molecule has 1 aliphatic rings. The van der Waals surface area contributed by atoms with Gasteiger partial charge in [0.15, 0.2) is 0 Å². The number of hydrogen-bond donors (Lipinski definition) is 0. The van der Waals surface area contributed by atoms with Crippen molar-refractivity contribution in [2.45, 2.75) is 13.8 Å². The van der Waals surface area contributed by atoms with Crippen LogP contribution in [0.1, 0.15) is 26.4 Å². The summed E-state index contributed by atoms with van der Waals surface area (Å²) in [5.74, 6) is 0. The van der Waals surface area contributed by atoms with Crippen LogP contribution in [-0.4, -0.2) is 4.57 Å². The second-order valence-electron chi connectivity index (χ2n) is 7.51. The Hall–Kier alpha value is -2.55. The largest absolute Gasteiger partial charge is 0.308 e. The van der Waals surface area contributed by atoms with Crippen molar-refractivity contribution in [3.05, 3.63) is 125 Å². The second-order valence-corrected chi connectivity index (χ2v) is 7.51. The minimum atomic E-state index is -2.23. The standard InChI is InChI=1S/C28H23N2.Y/c1-20-11-10-16-24-26(23-14-8-5-9-15-23)19-30(28(20)24)27-17-25(21(2)18-29(27)3)22-12-6-4-7-13-22;/h4-14,16-18H,1-3H3;/q-1;/i2D3;. The number of fused-ring (bicyclic) bond motifs is 1. The average molecular weight is 479 g/mol. The molecule has 0 saturated heterocycles. The fraction of sp³-hybridized carbons (Fsp3) is 0.107. The number of nitrogens with zero attached hydrogens (tertiary/aromatic N) is 2. The summed E-state index contributed by atoms with van der Waals surface area (Å²) in [6.45, 7) is -0.149. The van der Waals surface area contributed by atoms with Gasteiger partial charge in [0.05, 0.1) is 13.2 Å². The topological polar surface area (TPSA) is 7.94 Å². The Morgan fingerprint density at radius 3 is 2.45 bits per heavy atom. The molecule has 0 aliphatic carbocycles. The van der Waals surface area contributed by atoms with Crippen LogP contribution < -0.4 is 10.1 Å². The molecule has 3 aromatic carbocycles. The SMILES string of the molecule is [2H]C([2H])([2H])c1cn(C)c(=[N+]2[C-]=C(c3[c-]cccc3)c3cccc(C)c32)cc1-c1ccccc1.[Y]. The average Bonchev–Trinajstić information content (AvgIpc) is 3.20. The van der Waals surface area contributed by atoms with E-state index >= 15 is 0 Å². The first-order valence-corrected chi connectivity index (χ1v) is 9.95. The number of pyridine rings is 1. The molecule has 0 amide bonds. The number of aromatic nitrogens is 1. The van der Waals surface area contributed by atoms with Gasteiger partial charge in [-0.25, -0.2) is 5.56 Å². The maximum atomic E-state index is 8.12. The molecule has 3 heteroatoms. The maximum Gasteiger partial charge on any atom is 0.222 e. The van der Waals surface area contributed by atoms with Gasteiger partial charge in [0.25, 0.3) is 0 Å². The number of rotatable bonds is 2. The van der Waals surface area contributed by atoms with Crippen molar-refractivity contribution in [3.8, 4) is 11.1 Å². The summed E-state index contributed by atoms with van der Waals surface area (Å²) in [5.41, 5.74) is 7.91. The van der Waals surface area contributed by atoms with Crippen LogP contribution >= 0.6 is 0 Å². The molecular formula is C28H23N2Y-. The number of para-hydroxylation sites is 1. The number of aryl methyl sites for hydroxylation is 3. The Bertz CT molecular complexity index is 1450. The van der Waals surface area contributed by atoms with E-state index in [4.69, 9.17) is 4.11 Å². The van der Waals surface area contributed by atoms with Crippen LogP contribution in [0.3, 0.4) is 0 Å². The van der Waals surface area contributed by atoms with Crippen LogP contribution in [0.5, 0.6) is 0 Å². The molecule has 0 spiro atoms. The summed E-state index contributed by atoms with van der Waals surface area (Å²) < 4.78 is 28.3. The molecule has 2 heterocycles. The van der Waals surface area contributed by atoms with Gasteiger partial charge in [-0.2, -0.15) is 29.8 Å². The van der Waals surface area contributed by atoms with Crippen LogP contribution in [-0.2, 0) is 39.8 Å². The Morgan fingerprint density at radius 1 is 0.903 bits per heavy atom. The zero-order valence-corrected chi connectivity index (χ0v) is 20.4. The molecule has 0 unspecified atom stereocenters. The molecule has 0 fully saturated rings. The predicted octanol–water partition coefficient (Wildman–Crippen LogP) is 5.42. The van der Waals surface area contributed by atoms with E-state index in [1.165, 1.54) is 0 Å². The van der Waals surface area contributed by atoms with E-state index in [-0.39, 0.29) is 32.7 Å². The molecule has 0 atom stereocenters. The molecule has 0 N–H and O–H groups in total. The maximum absolute atomic E-state index is 8.12. The van der Waals surface area contributed by atoms with Crippen molar-refractivity contribution in [1.82, 2.24) is 9.14 Å². The van der Waals surface area contributed by atoms with Gasteiger partial charge in [-0.1, -0.05) is 42.5 Å². The summed E-state index contributed by atoms with van der Waals surface area (Å²) in [6.07, 6.45) is 5.28. The Kier molecular flexibility index (Phi) is 5.19. The van der Waals surface area contributed by atoms with Crippen LogP contribution in [0.15, 0.2) is 85.1 Å². The summed E-state index contributed by atoms with van der Waals surface area (Å²) in [4.78, 5) is 0. The van der Waals surface area contributed by atoms with Crippen molar-refractivity contribution in [3.63, 3.8) is 0 Å². The summed E-state index contributed by atoms with van der Waals surface area (Å²) >= 11 is 0. The summed E-state index contributed by atoms with van der Waals surface area (Å²) in [7, 11) is 1.88. The van der Waals surface area contributed by atoms with Gasteiger partial charge in [0.1, 0.15) is 0 Å². The monoisotopic (exact) mass is 479 g/mol. The van der Waals surface area contributed by atoms with Crippen molar-refractivity contribution >= 4 is 11.3 Å². The molecule has 1 aliphatic heterocycles. The third-order valence-electron chi connectivity index (χ3n) is 5.49. The van der Waals surface area contributed by atoms with Gasteiger partial charge >= 0.3 is 0 Å². The van der Waals surface area contributed by atoms with Crippen LogP contribution in [0.25, 0.3) is 16.7 Å². The van der Waals surface area contributed by atoms with E-state index in [1.54, 1.807) is 6.20 Å². The Morgan fingerprint density at radius 2 is 1.71 bits per heavy atom. The first-order valence-electron chi connectivity index (χ1n) is 11.4. The van der Waals surface area contributed by atoms with Gasteiger partial charge in [-0.3, -0.25) is 4.57 Å². The molecule has 31 heavy (non-hydrogen) atoms. The fourth-order valence-corrected chi connectivity index (χ4v) is 4.03. The minimum Gasteiger partial charge on any atom is -0.308 e. The van der Waals surface area contributed by atoms with Crippen molar-refractivity contribution in [1.29, 1.82) is 0 Å². The minimum absolute atomic E-state index is 0. The quantitative estimate of drug-likeness (QED) is 0.268. The fourth-order valence-electron chi connectivity index (χ4n) is 4.03. The third kappa shape index (κ3) is 3.91. The van der Waals surface area contributed by atoms with Crippen molar-refractivity contribution < 1.29 is 36.8 Å². The van der Waals surface area contributed by atoms with Crippen LogP contribution in [0.2, 0.25) is 0 Å². The van der Waals surface area contributed by atoms with E-state index in [2.05, 4.69) is 37.4 Å². The molecule has 0 bridgehead atoms. The van der Waals surface area contributed by atoms with E-state index in [9.17, 15) is 0 Å². The number of benzene rings is 3. The van der Waals surface area contributed by atoms with Crippen molar-refractivity contribution in [2.24, 2.45) is 7.05 Å². The Labute approximate surface area is 213 Å². The smallest absolute Gasteiger partial charge is 0.222 e. The normalized spacial score (nSPS) is 15.8. The molecule has 4 aromatic rings. The molecule has 1 radical (unpaired) electrons. The van der Waals surface area contributed by atoms with E-state index < -0.39 is 6.85 Å². The van der Waals surface area contributed by atoms with Gasteiger partial charge in [0, 0.05) is 54.8 Å². The van der Waals surface area contributed by atoms with Gasteiger partial charge < -0.3 is 4.58 Å². The van der Waals surface area contributed by atoms with Crippen LogP contribution in [0.4, 0.5) is 5.69 Å². The second kappa shape index (κ2) is 8.90.